The highest BCUT2D eigenvalue weighted by Gasteiger charge is 2.42. The second kappa shape index (κ2) is 5.52. The third-order valence-corrected chi connectivity index (χ3v) is 6.45. The fraction of sp³-hybridized carbons (Fsp3) is 0.500. The van der Waals surface area contributed by atoms with E-state index in [-0.39, 0.29) is 10.8 Å². The smallest absolute Gasteiger partial charge is 0.310 e. The quantitative estimate of drug-likeness (QED) is 0.857. The first kappa shape index (κ1) is 15.0. The molecule has 0 aliphatic heterocycles. The van der Waals surface area contributed by atoms with E-state index in [9.17, 15) is 18.3 Å². The molecule has 0 amide bonds. The van der Waals surface area contributed by atoms with E-state index in [1.54, 1.807) is 0 Å². The maximum Gasteiger partial charge on any atom is 0.310 e. The summed E-state index contributed by atoms with van der Waals surface area (Å²) in [4.78, 5) is 11.7. The molecule has 1 saturated carbocycles. The van der Waals surface area contributed by atoms with Gasteiger partial charge in [-0.2, -0.15) is 5.26 Å². The molecule has 0 spiro atoms. The number of hydrogen-bond acceptors (Lipinski definition) is 5. The monoisotopic (exact) mass is 314 g/mol. The summed E-state index contributed by atoms with van der Waals surface area (Å²) in [6, 6.07) is 4.66. The molecule has 1 heterocycles. The molecule has 0 aromatic carbocycles. The van der Waals surface area contributed by atoms with Crippen LogP contribution in [0.3, 0.4) is 0 Å². The molecule has 0 bridgehead atoms. The number of nitrogens with zero attached hydrogens (tertiary/aromatic N) is 1. The summed E-state index contributed by atoms with van der Waals surface area (Å²) in [6.07, 6.45) is 2.56. The van der Waals surface area contributed by atoms with E-state index in [0.717, 1.165) is 24.2 Å². The van der Waals surface area contributed by atoms with Crippen LogP contribution >= 0.6 is 11.3 Å². The largest absolute Gasteiger partial charge is 0.481 e. The van der Waals surface area contributed by atoms with Gasteiger partial charge in [0.2, 0.25) is 10.0 Å². The number of sulfonamides is 1. The SMILES string of the molecule is N#Cc1ccc(S(=O)(=O)NCC2(C(=O)O)CCCC2)s1. The minimum absolute atomic E-state index is 0.0348. The number of rotatable bonds is 5. The van der Waals surface area contributed by atoms with Gasteiger partial charge in [-0.05, 0) is 25.0 Å². The molecule has 1 aliphatic carbocycles. The molecule has 0 saturated heterocycles. The number of aliphatic carboxylic acids is 1. The molecule has 1 aromatic heterocycles. The topological polar surface area (TPSA) is 107 Å². The lowest BCUT2D eigenvalue weighted by molar-refractivity contribution is -0.148. The van der Waals surface area contributed by atoms with Crippen molar-refractivity contribution in [2.45, 2.75) is 29.9 Å². The average molecular weight is 314 g/mol. The molecule has 6 nitrogen and oxygen atoms in total. The van der Waals surface area contributed by atoms with Crippen LogP contribution in [0.1, 0.15) is 30.6 Å². The Morgan fingerprint density at radius 2 is 2.10 bits per heavy atom. The Labute approximate surface area is 121 Å². The van der Waals surface area contributed by atoms with E-state index in [4.69, 9.17) is 5.26 Å². The molecule has 2 rings (SSSR count). The molecule has 2 N–H and O–H groups in total. The Balaban J connectivity index is 2.13. The molecular formula is C12H14N2O4S2. The molecule has 1 fully saturated rings. The third-order valence-electron chi connectivity index (χ3n) is 3.57. The van der Waals surface area contributed by atoms with Crippen molar-refractivity contribution in [1.29, 1.82) is 5.26 Å². The van der Waals surface area contributed by atoms with E-state index in [0.29, 0.717) is 17.7 Å². The second-order valence-corrected chi connectivity index (χ2v) is 7.93. The van der Waals surface area contributed by atoms with Gasteiger partial charge in [0, 0.05) is 6.54 Å². The molecule has 8 heteroatoms. The van der Waals surface area contributed by atoms with Crippen molar-refractivity contribution in [3.8, 4) is 6.07 Å². The summed E-state index contributed by atoms with van der Waals surface area (Å²) in [5, 5.41) is 18.0. The zero-order valence-corrected chi connectivity index (χ0v) is 12.3. The minimum Gasteiger partial charge on any atom is -0.481 e. The van der Waals surface area contributed by atoms with Gasteiger partial charge in [0.25, 0.3) is 0 Å². The third kappa shape index (κ3) is 2.85. The van der Waals surface area contributed by atoms with Crippen molar-refractivity contribution in [3.63, 3.8) is 0 Å². The maximum atomic E-state index is 12.1. The Hall–Kier alpha value is -1.43. The first-order chi connectivity index (χ1) is 9.39. The number of nitrogens with one attached hydrogen (secondary N) is 1. The fourth-order valence-corrected chi connectivity index (χ4v) is 4.62. The Morgan fingerprint density at radius 3 is 2.60 bits per heavy atom. The van der Waals surface area contributed by atoms with E-state index in [1.165, 1.54) is 12.1 Å². The molecule has 1 aromatic rings. The summed E-state index contributed by atoms with van der Waals surface area (Å²) < 4.78 is 26.6. The van der Waals surface area contributed by atoms with Crippen LogP contribution in [-0.4, -0.2) is 26.0 Å². The van der Waals surface area contributed by atoms with Crippen LogP contribution in [0.25, 0.3) is 0 Å². The molecule has 0 radical (unpaired) electrons. The van der Waals surface area contributed by atoms with Crippen molar-refractivity contribution < 1.29 is 18.3 Å². The van der Waals surface area contributed by atoms with Crippen molar-refractivity contribution in [1.82, 2.24) is 4.72 Å². The summed E-state index contributed by atoms with van der Waals surface area (Å²) in [6.45, 7) is -0.107. The number of nitriles is 1. The zero-order chi connectivity index (χ0) is 14.8. The van der Waals surface area contributed by atoms with Crippen LogP contribution in [0.5, 0.6) is 0 Å². The molecule has 1 aliphatic rings. The molecule has 20 heavy (non-hydrogen) atoms. The summed E-state index contributed by atoms with van der Waals surface area (Å²) in [5.74, 6) is -0.957. The van der Waals surface area contributed by atoms with Gasteiger partial charge in [-0.1, -0.05) is 12.8 Å². The van der Waals surface area contributed by atoms with Crippen molar-refractivity contribution in [3.05, 3.63) is 17.0 Å². The predicted octanol–water partition coefficient (Wildman–Crippen LogP) is 1.54. The van der Waals surface area contributed by atoms with Gasteiger partial charge in [0.05, 0.1) is 5.41 Å². The summed E-state index contributed by atoms with van der Waals surface area (Å²) >= 11 is 0.871. The number of carboxylic acid groups (broad SMARTS) is 1. The van der Waals surface area contributed by atoms with E-state index >= 15 is 0 Å². The highest BCUT2D eigenvalue weighted by Crippen LogP contribution is 2.38. The van der Waals surface area contributed by atoms with Crippen LogP contribution in [0, 0.1) is 16.7 Å². The van der Waals surface area contributed by atoms with Gasteiger partial charge in [-0.3, -0.25) is 4.79 Å². The van der Waals surface area contributed by atoms with Crippen molar-refractivity contribution in [2.24, 2.45) is 5.41 Å². The molecule has 0 unspecified atom stereocenters. The normalized spacial score (nSPS) is 17.8. The Morgan fingerprint density at radius 1 is 1.45 bits per heavy atom. The highest BCUT2D eigenvalue weighted by atomic mass is 32.2. The Bertz CT molecular complexity index is 651. The fourth-order valence-electron chi connectivity index (χ4n) is 2.35. The number of carbonyl (C=O) groups is 1. The molecule has 0 atom stereocenters. The van der Waals surface area contributed by atoms with Crippen LogP contribution < -0.4 is 4.72 Å². The van der Waals surface area contributed by atoms with E-state index in [1.807, 2.05) is 6.07 Å². The van der Waals surface area contributed by atoms with Crippen molar-refractivity contribution >= 4 is 27.3 Å². The van der Waals surface area contributed by atoms with Gasteiger partial charge in [0.1, 0.15) is 15.2 Å². The molecule has 108 valence electrons. The van der Waals surface area contributed by atoms with Gasteiger partial charge < -0.3 is 5.11 Å². The number of thiophene rings is 1. The van der Waals surface area contributed by atoms with Gasteiger partial charge in [-0.25, -0.2) is 13.1 Å². The van der Waals surface area contributed by atoms with Crippen molar-refractivity contribution in [2.75, 3.05) is 6.54 Å². The van der Waals surface area contributed by atoms with E-state index in [2.05, 4.69) is 4.72 Å². The molecular weight excluding hydrogens is 300 g/mol. The van der Waals surface area contributed by atoms with Crippen LogP contribution in [0.15, 0.2) is 16.3 Å². The lowest BCUT2D eigenvalue weighted by Gasteiger charge is -2.23. The van der Waals surface area contributed by atoms with Gasteiger partial charge >= 0.3 is 5.97 Å². The number of hydrogen-bond donors (Lipinski definition) is 2. The van der Waals surface area contributed by atoms with E-state index < -0.39 is 21.4 Å². The first-order valence-corrected chi connectivity index (χ1v) is 8.43. The number of carboxylic acids is 1. The maximum absolute atomic E-state index is 12.1. The summed E-state index contributed by atoms with van der Waals surface area (Å²) in [7, 11) is -3.75. The minimum atomic E-state index is -3.75. The zero-order valence-electron chi connectivity index (χ0n) is 10.6. The lowest BCUT2D eigenvalue weighted by atomic mass is 9.87. The van der Waals surface area contributed by atoms with Crippen LogP contribution in [0.4, 0.5) is 0 Å². The lowest BCUT2D eigenvalue weighted by Crippen LogP contribution is -2.41. The van der Waals surface area contributed by atoms with Gasteiger partial charge in [0.15, 0.2) is 0 Å². The average Bonchev–Trinajstić information content (AvgIpc) is 3.06. The Kier molecular flexibility index (Phi) is 4.13. The predicted molar refractivity (Wildman–Crippen MR) is 72.8 cm³/mol. The standard InChI is InChI=1S/C12H14N2O4S2/c13-7-9-3-4-10(19-9)20(17,18)14-8-12(11(15)16)5-1-2-6-12/h3-4,14H,1-2,5-6,8H2,(H,15,16). The van der Waals surface area contributed by atoms with Crippen LogP contribution in [0.2, 0.25) is 0 Å². The first-order valence-electron chi connectivity index (χ1n) is 6.13. The highest BCUT2D eigenvalue weighted by molar-refractivity contribution is 7.91. The second-order valence-electron chi connectivity index (χ2n) is 4.85. The van der Waals surface area contributed by atoms with Crippen LogP contribution in [-0.2, 0) is 14.8 Å². The summed E-state index contributed by atoms with van der Waals surface area (Å²) in [5.41, 5.74) is -0.998. The van der Waals surface area contributed by atoms with Gasteiger partial charge in [-0.15, -0.1) is 11.3 Å².